The van der Waals surface area contributed by atoms with E-state index in [1.54, 1.807) is 47.7 Å². The average molecular weight is 406 g/mol. The highest BCUT2D eigenvalue weighted by Gasteiger charge is 2.46. The van der Waals surface area contributed by atoms with Gasteiger partial charge in [0.05, 0.1) is 5.41 Å². The molecule has 148 valence electrons. The number of nitrogens with zero attached hydrogens (tertiary/aromatic N) is 2. The van der Waals surface area contributed by atoms with Gasteiger partial charge < -0.3 is 10.2 Å². The van der Waals surface area contributed by atoms with Crippen molar-refractivity contribution >= 4 is 23.2 Å². The van der Waals surface area contributed by atoms with Crippen LogP contribution in [0.3, 0.4) is 0 Å². The van der Waals surface area contributed by atoms with Gasteiger partial charge in [-0.15, -0.1) is 11.3 Å². The lowest BCUT2D eigenvalue weighted by Gasteiger charge is -2.28. The lowest BCUT2D eigenvalue weighted by atomic mass is 9.78. The molecule has 3 heterocycles. The van der Waals surface area contributed by atoms with Crippen molar-refractivity contribution in [2.75, 3.05) is 20.1 Å². The van der Waals surface area contributed by atoms with Gasteiger partial charge in [-0.1, -0.05) is 36.4 Å². The Kier molecular flexibility index (Phi) is 5.45. The molecule has 1 fully saturated rings. The van der Waals surface area contributed by atoms with Crippen molar-refractivity contribution in [1.82, 2.24) is 15.2 Å². The molecular formula is C23H23N3O2S. The first kappa shape index (κ1) is 19.3. The summed E-state index contributed by atoms with van der Waals surface area (Å²) < 4.78 is 0. The van der Waals surface area contributed by atoms with Crippen LogP contribution in [0, 0.1) is 5.41 Å². The van der Waals surface area contributed by atoms with Crippen molar-refractivity contribution in [3.63, 3.8) is 0 Å². The molecule has 1 aliphatic rings. The maximum Gasteiger partial charge on any atom is 0.272 e. The summed E-state index contributed by atoms with van der Waals surface area (Å²) in [5.41, 5.74) is 2.05. The van der Waals surface area contributed by atoms with E-state index >= 15 is 0 Å². The molecule has 6 heteroatoms. The average Bonchev–Trinajstić information content (AvgIpc) is 3.45. The summed E-state index contributed by atoms with van der Waals surface area (Å²) in [6.07, 6.45) is 2.84. The summed E-state index contributed by atoms with van der Waals surface area (Å²) in [6.45, 7) is 0.935. The summed E-state index contributed by atoms with van der Waals surface area (Å²) in [6, 6.07) is 17.7. The van der Waals surface area contributed by atoms with Gasteiger partial charge in [0.15, 0.2) is 0 Å². The Morgan fingerprint density at radius 3 is 2.69 bits per heavy atom. The quantitative estimate of drug-likeness (QED) is 0.705. The van der Waals surface area contributed by atoms with E-state index in [1.807, 2.05) is 18.2 Å². The third-order valence-electron chi connectivity index (χ3n) is 5.57. The standard InChI is InChI=1S/C23H23N3O2S/c1-24-22(28)23(11-13-26(16-23)21(27)19-9-4-5-12-25-19)15-17-7-2-3-8-18(17)20-10-6-14-29-20/h2-10,12,14H,11,13,15-16H2,1H3,(H,24,28). The van der Waals surface area contributed by atoms with Crippen molar-refractivity contribution in [1.29, 1.82) is 0 Å². The molecule has 1 unspecified atom stereocenters. The van der Waals surface area contributed by atoms with Gasteiger partial charge in [0.2, 0.25) is 5.91 Å². The number of rotatable bonds is 5. The highest BCUT2D eigenvalue weighted by molar-refractivity contribution is 7.13. The molecular weight excluding hydrogens is 382 g/mol. The number of carbonyl (C=O) groups excluding carboxylic acids is 2. The smallest absolute Gasteiger partial charge is 0.272 e. The number of nitrogens with one attached hydrogen (secondary N) is 1. The minimum absolute atomic E-state index is 0.0187. The Bertz CT molecular complexity index is 1000. The number of hydrogen-bond acceptors (Lipinski definition) is 4. The van der Waals surface area contributed by atoms with Crippen LogP contribution in [-0.2, 0) is 11.2 Å². The molecule has 1 N–H and O–H groups in total. The lowest BCUT2D eigenvalue weighted by Crippen LogP contribution is -2.44. The molecule has 2 aromatic heterocycles. The van der Waals surface area contributed by atoms with Gasteiger partial charge in [-0.25, -0.2) is 0 Å². The van der Waals surface area contributed by atoms with Gasteiger partial charge in [-0.05, 0) is 47.5 Å². The van der Waals surface area contributed by atoms with Crippen molar-refractivity contribution in [2.24, 2.45) is 5.41 Å². The Labute approximate surface area is 174 Å². The second-order valence-corrected chi connectivity index (χ2v) is 8.31. The maximum absolute atomic E-state index is 13.0. The number of thiophene rings is 1. The SMILES string of the molecule is CNC(=O)C1(Cc2ccccc2-c2cccs2)CCN(C(=O)c2ccccn2)C1. The molecule has 0 aliphatic carbocycles. The molecule has 4 rings (SSSR count). The van der Waals surface area contributed by atoms with Gasteiger partial charge in [0.1, 0.15) is 5.69 Å². The summed E-state index contributed by atoms with van der Waals surface area (Å²) in [5, 5.41) is 4.89. The molecule has 1 aliphatic heterocycles. The maximum atomic E-state index is 13.0. The topological polar surface area (TPSA) is 62.3 Å². The van der Waals surface area contributed by atoms with E-state index in [-0.39, 0.29) is 11.8 Å². The molecule has 0 bridgehead atoms. The fraction of sp³-hybridized carbons (Fsp3) is 0.261. The Morgan fingerprint density at radius 1 is 1.14 bits per heavy atom. The molecule has 0 spiro atoms. The minimum Gasteiger partial charge on any atom is -0.359 e. The third kappa shape index (κ3) is 3.80. The van der Waals surface area contributed by atoms with Crippen LogP contribution in [0.15, 0.2) is 66.2 Å². The van der Waals surface area contributed by atoms with Crippen LogP contribution in [0.2, 0.25) is 0 Å². The summed E-state index contributed by atoms with van der Waals surface area (Å²) >= 11 is 1.69. The fourth-order valence-electron chi connectivity index (χ4n) is 4.08. The Morgan fingerprint density at radius 2 is 1.97 bits per heavy atom. The van der Waals surface area contributed by atoms with Crippen molar-refractivity contribution in [3.8, 4) is 10.4 Å². The summed E-state index contributed by atoms with van der Waals surface area (Å²) in [5.74, 6) is -0.141. The van der Waals surface area contributed by atoms with Gasteiger partial charge >= 0.3 is 0 Å². The number of amides is 2. The molecule has 0 radical (unpaired) electrons. The first-order valence-electron chi connectivity index (χ1n) is 9.67. The van der Waals surface area contributed by atoms with Crippen LogP contribution in [-0.4, -0.2) is 41.8 Å². The number of pyridine rings is 1. The second kappa shape index (κ2) is 8.17. The molecule has 3 aromatic rings. The minimum atomic E-state index is -0.646. The molecule has 29 heavy (non-hydrogen) atoms. The zero-order valence-electron chi connectivity index (χ0n) is 16.3. The monoisotopic (exact) mass is 405 g/mol. The molecule has 0 saturated carbocycles. The largest absolute Gasteiger partial charge is 0.359 e. The van der Waals surface area contributed by atoms with Gasteiger partial charge in [0, 0.05) is 31.2 Å². The van der Waals surface area contributed by atoms with E-state index < -0.39 is 5.41 Å². The molecule has 1 atom stereocenters. The van der Waals surface area contributed by atoms with Crippen LogP contribution in [0.4, 0.5) is 0 Å². The first-order chi connectivity index (χ1) is 14.1. The number of benzene rings is 1. The second-order valence-electron chi connectivity index (χ2n) is 7.36. The Balaban J connectivity index is 1.63. The number of hydrogen-bond donors (Lipinski definition) is 1. The van der Waals surface area contributed by atoms with Crippen LogP contribution < -0.4 is 5.32 Å². The van der Waals surface area contributed by atoms with Crippen molar-refractivity contribution in [2.45, 2.75) is 12.8 Å². The number of aromatic nitrogens is 1. The Hall–Kier alpha value is -2.99. The number of carbonyl (C=O) groups is 2. The number of likely N-dealkylation sites (tertiary alicyclic amines) is 1. The normalized spacial score (nSPS) is 18.6. The van der Waals surface area contributed by atoms with Gasteiger partial charge in [-0.3, -0.25) is 14.6 Å². The molecule has 2 amide bonds. The zero-order chi connectivity index (χ0) is 20.3. The van der Waals surface area contributed by atoms with Crippen LogP contribution in [0.5, 0.6) is 0 Å². The molecule has 1 saturated heterocycles. The van der Waals surface area contributed by atoms with Crippen LogP contribution >= 0.6 is 11.3 Å². The van der Waals surface area contributed by atoms with Gasteiger partial charge in [0.25, 0.3) is 5.91 Å². The van der Waals surface area contributed by atoms with Crippen molar-refractivity contribution in [3.05, 3.63) is 77.4 Å². The van der Waals surface area contributed by atoms with Gasteiger partial charge in [-0.2, -0.15) is 0 Å². The van der Waals surface area contributed by atoms with Crippen LogP contribution in [0.25, 0.3) is 10.4 Å². The van der Waals surface area contributed by atoms with E-state index in [0.29, 0.717) is 31.6 Å². The van der Waals surface area contributed by atoms with E-state index in [2.05, 4.69) is 33.9 Å². The highest BCUT2D eigenvalue weighted by atomic mass is 32.1. The fourth-order valence-corrected chi connectivity index (χ4v) is 4.87. The third-order valence-corrected chi connectivity index (χ3v) is 6.47. The first-order valence-corrected chi connectivity index (χ1v) is 10.6. The van der Waals surface area contributed by atoms with E-state index in [4.69, 9.17) is 0 Å². The lowest BCUT2D eigenvalue weighted by molar-refractivity contribution is -0.129. The van der Waals surface area contributed by atoms with E-state index in [0.717, 1.165) is 11.1 Å². The summed E-state index contributed by atoms with van der Waals surface area (Å²) in [7, 11) is 1.67. The predicted octanol–water partition coefficient (Wildman–Crippen LogP) is 3.63. The molecule has 1 aromatic carbocycles. The summed E-state index contributed by atoms with van der Waals surface area (Å²) in [4.78, 5) is 33.0. The van der Waals surface area contributed by atoms with E-state index in [9.17, 15) is 9.59 Å². The highest BCUT2D eigenvalue weighted by Crippen LogP contribution is 2.38. The van der Waals surface area contributed by atoms with Crippen LogP contribution in [0.1, 0.15) is 22.5 Å². The predicted molar refractivity (Wildman–Crippen MR) is 115 cm³/mol. The van der Waals surface area contributed by atoms with E-state index in [1.165, 1.54) is 4.88 Å². The molecule has 5 nitrogen and oxygen atoms in total. The van der Waals surface area contributed by atoms with Crippen molar-refractivity contribution < 1.29 is 9.59 Å². The zero-order valence-corrected chi connectivity index (χ0v) is 17.1.